The number of nitrogens with one attached hydrogen (secondary N) is 1. The Morgan fingerprint density at radius 3 is 2.89 bits per heavy atom. The van der Waals surface area contributed by atoms with Crippen LogP contribution in [-0.2, 0) is 21.9 Å². The minimum Gasteiger partial charge on any atom is -0.353 e. The Morgan fingerprint density at radius 1 is 1.44 bits per heavy atom. The van der Waals surface area contributed by atoms with Crippen molar-refractivity contribution < 1.29 is 13.2 Å². The van der Waals surface area contributed by atoms with Crippen LogP contribution in [-0.4, -0.2) is 52.3 Å². The van der Waals surface area contributed by atoms with Crippen LogP contribution in [0.1, 0.15) is 12.8 Å². The van der Waals surface area contributed by atoms with Crippen molar-refractivity contribution in [3.8, 4) is 0 Å². The highest BCUT2D eigenvalue weighted by molar-refractivity contribution is 7.89. The summed E-state index contributed by atoms with van der Waals surface area (Å²) in [4.78, 5) is 11.7. The van der Waals surface area contributed by atoms with Gasteiger partial charge in [-0.25, -0.2) is 13.1 Å². The average Bonchev–Trinajstić information content (AvgIpc) is 2.88. The van der Waals surface area contributed by atoms with Crippen LogP contribution in [0.4, 0.5) is 0 Å². The van der Waals surface area contributed by atoms with E-state index in [0.717, 1.165) is 0 Å². The molecule has 98 valence electrons. The predicted octanol–water partition coefficient (Wildman–Crippen LogP) is -1.53. The van der Waals surface area contributed by atoms with Gasteiger partial charge in [0.05, 0.1) is 6.20 Å². The van der Waals surface area contributed by atoms with E-state index in [-0.39, 0.29) is 17.0 Å². The number of aromatic nitrogens is 3. The SMILES string of the molecule is Cn1nncc1S(=O)(=O)N1C2CCC1C(=O)NC2. The molecule has 18 heavy (non-hydrogen) atoms. The third-order valence-electron chi connectivity index (χ3n) is 3.47. The van der Waals surface area contributed by atoms with Crippen LogP contribution < -0.4 is 5.32 Å². The zero-order valence-electron chi connectivity index (χ0n) is 9.78. The molecule has 2 aliphatic rings. The van der Waals surface area contributed by atoms with E-state index in [1.165, 1.54) is 22.2 Å². The van der Waals surface area contributed by atoms with Gasteiger partial charge in [-0.1, -0.05) is 5.21 Å². The van der Waals surface area contributed by atoms with Crippen molar-refractivity contribution in [3.05, 3.63) is 6.20 Å². The van der Waals surface area contributed by atoms with E-state index < -0.39 is 16.1 Å². The molecule has 3 rings (SSSR count). The molecule has 1 amide bonds. The fourth-order valence-electron chi connectivity index (χ4n) is 2.62. The first-order valence-electron chi connectivity index (χ1n) is 5.68. The lowest BCUT2D eigenvalue weighted by atomic mass is 10.2. The van der Waals surface area contributed by atoms with Gasteiger partial charge in [-0.15, -0.1) is 5.10 Å². The van der Waals surface area contributed by atoms with Crippen LogP contribution in [0.5, 0.6) is 0 Å². The van der Waals surface area contributed by atoms with Crippen LogP contribution in [0.3, 0.4) is 0 Å². The number of carbonyl (C=O) groups excluding carboxylic acids is 1. The fraction of sp³-hybridized carbons (Fsp3) is 0.667. The number of sulfonamides is 1. The van der Waals surface area contributed by atoms with Gasteiger partial charge in [0.1, 0.15) is 6.04 Å². The minimum absolute atomic E-state index is 0.0223. The third kappa shape index (κ3) is 1.47. The fourth-order valence-corrected chi connectivity index (χ4v) is 4.50. The van der Waals surface area contributed by atoms with Crippen LogP contribution in [0.2, 0.25) is 0 Å². The molecule has 0 aromatic carbocycles. The van der Waals surface area contributed by atoms with Crippen molar-refractivity contribution in [2.75, 3.05) is 6.54 Å². The Morgan fingerprint density at radius 2 is 2.22 bits per heavy atom. The van der Waals surface area contributed by atoms with E-state index in [2.05, 4.69) is 15.6 Å². The summed E-state index contributed by atoms with van der Waals surface area (Å²) in [6.45, 7) is 0.375. The van der Waals surface area contributed by atoms with Gasteiger partial charge in [-0.2, -0.15) is 4.31 Å². The summed E-state index contributed by atoms with van der Waals surface area (Å²) >= 11 is 0. The molecule has 2 atom stereocenters. The average molecular weight is 271 g/mol. The van der Waals surface area contributed by atoms with Crippen molar-refractivity contribution >= 4 is 15.9 Å². The molecule has 2 saturated heterocycles. The van der Waals surface area contributed by atoms with Gasteiger partial charge in [-0.05, 0) is 12.8 Å². The summed E-state index contributed by atoms with van der Waals surface area (Å²) in [7, 11) is -2.19. The largest absolute Gasteiger partial charge is 0.353 e. The summed E-state index contributed by atoms with van der Waals surface area (Å²) in [5.74, 6) is -0.220. The van der Waals surface area contributed by atoms with Crippen LogP contribution in [0.25, 0.3) is 0 Å². The number of piperazine rings is 1. The molecule has 0 aliphatic carbocycles. The van der Waals surface area contributed by atoms with Crippen molar-refractivity contribution in [3.63, 3.8) is 0 Å². The third-order valence-corrected chi connectivity index (χ3v) is 5.48. The topological polar surface area (TPSA) is 97.2 Å². The highest BCUT2D eigenvalue weighted by atomic mass is 32.2. The first kappa shape index (κ1) is 11.6. The van der Waals surface area contributed by atoms with Gasteiger partial charge >= 0.3 is 0 Å². The number of fused-ring (bicyclic) bond motifs is 2. The van der Waals surface area contributed by atoms with Crippen LogP contribution in [0.15, 0.2) is 11.2 Å². The molecule has 1 aromatic rings. The van der Waals surface area contributed by atoms with Crippen molar-refractivity contribution in [1.82, 2.24) is 24.6 Å². The van der Waals surface area contributed by atoms with Crippen LogP contribution >= 0.6 is 0 Å². The van der Waals surface area contributed by atoms with Gasteiger partial charge < -0.3 is 5.32 Å². The Kier molecular flexibility index (Phi) is 2.42. The molecule has 2 unspecified atom stereocenters. The smallest absolute Gasteiger partial charge is 0.262 e. The summed E-state index contributed by atoms with van der Waals surface area (Å²) in [6, 6.07) is -0.753. The number of nitrogens with zero attached hydrogens (tertiary/aromatic N) is 4. The maximum absolute atomic E-state index is 12.5. The maximum atomic E-state index is 12.5. The highest BCUT2D eigenvalue weighted by Crippen LogP contribution is 2.32. The standard InChI is InChI=1S/C9H13N5O3S/c1-13-8(5-11-12-13)18(16,17)14-6-2-3-7(14)9(15)10-4-6/h5-7H,2-4H2,1H3,(H,10,15). The summed E-state index contributed by atoms with van der Waals surface area (Å²) in [6.07, 6.45) is 2.48. The molecular weight excluding hydrogens is 258 g/mol. The number of hydrogen-bond donors (Lipinski definition) is 1. The molecule has 8 nitrogen and oxygen atoms in total. The highest BCUT2D eigenvalue weighted by Gasteiger charge is 2.49. The number of aryl methyl sites for hydroxylation is 1. The molecular formula is C9H13N5O3S. The number of carbonyl (C=O) groups is 1. The summed E-state index contributed by atoms with van der Waals surface area (Å²) in [5, 5.41) is 9.95. The number of hydrogen-bond acceptors (Lipinski definition) is 5. The molecule has 1 N–H and O–H groups in total. The van der Waals surface area contributed by atoms with Gasteiger partial charge in [0.2, 0.25) is 5.91 Å². The van der Waals surface area contributed by atoms with Gasteiger partial charge in [0, 0.05) is 19.6 Å². The second-order valence-electron chi connectivity index (χ2n) is 4.52. The van der Waals surface area contributed by atoms with Crippen molar-refractivity contribution in [2.45, 2.75) is 30.0 Å². The molecule has 1 aromatic heterocycles. The van der Waals surface area contributed by atoms with E-state index in [4.69, 9.17) is 0 Å². The zero-order chi connectivity index (χ0) is 12.9. The molecule has 9 heteroatoms. The minimum atomic E-state index is -3.71. The molecule has 2 bridgehead atoms. The van der Waals surface area contributed by atoms with Gasteiger partial charge in [-0.3, -0.25) is 4.79 Å². The Labute approximate surface area is 104 Å². The molecule has 0 spiro atoms. The second kappa shape index (κ2) is 3.75. The van der Waals surface area contributed by atoms with E-state index in [1.807, 2.05) is 0 Å². The Bertz CT molecular complexity index is 595. The first-order valence-corrected chi connectivity index (χ1v) is 7.12. The Hall–Kier alpha value is -1.48. The van der Waals surface area contributed by atoms with E-state index >= 15 is 0 Å². The molecule has 0 radical (unpaired) electrons. The Balaban J connectivity index is 2.05. The lowest BCUT2D eigenvalue weighted by Gasteiger charge is -2.32. The number of rotatable bonds is 2. The van der Waals surface area contributed by atoms with Gasteiger partial charge in [0.15, 0.2) is 5.03 Å². The van der Waals surface area contributed by atoms with E-state index in [1.54, 1.807) is 0 Å². The zero-order valence-corrected chi connectivity index (χ0v) is 10.6. The monoisotopic (exact) mass is 271 g/mol. The van der Waals surface area contributed by atoms with Crippen molar-refractivity contribution in [1.29, 1.82) is 0 Å². The molecule has 0 saturated carbocycles. The normalized spacial score (nSPS) is 28.4. The molecule has 3 heterocycles. The van der Waals surface area contributed by atoms with E-state index in [0.29, 0.717) is 19.4 Å². The summed E-state index contributed by atoms with van der Waals surface area (Å²) < 4.78 is 27.6. The van der Waals surface area contributed by atoms with Gasteiger partial charge in [0.25, 0.3) is 10.0 Å². The summed E-state index contributed by atoms with van der Waals surface area (Å²) in [5.41, 5.74) is 0. The molecule has 2 fully saturated rings. The second-order valence-corrected chi connectivity index (χ2v) is 6.31. The van der Waals surface area contributed by atoms with Crippen molar-refractivity contribution in [2.24, 2.45) is 7.05 Å². The van der Waals surface area contributed by atoms with Crippen LogP contribution in [0, 0.1) is 0 Å². The lowest BCUT2D eigenvalue weighted by molar-refractivity contribution is -0.126. The quantitative estimate of drug-likeness (QED) is 0.703. The predicted molar refractivity (Wildman–Crippen MR) is 59.8 cm³/mol. The van der Waals surface area contributed by atoms with E-state index in [9.17, 15) is 13.2 Å². The number of amides is 1. The molecule has 2 aliphatic heterocycles. The first-order chi connectivity index (χ1) is 8.51. The maximum Gasteiger partial charge on any atom is 0.262 e. The lowest BCUT2D eigenvalue weighted by Crippen LogP contribution is -2.57.